The van der Waals surface area contributed by atoms with E-state index >= 15 is 0 Å². The summed E-state index contributed by atoms with van der Waals surface area (Å²) in [6.45, 7) is 4.43. The van der Waals surface area contributed by atoms with Gasteiger partial charge < -0.3 is 21.8 Å². The fourth-order valence-electron chi connectivity index (χ4n) is 2.42. The number of aldehydes is 1. The summed E-state index contributed by atoms with van der Waals surface area (Å²) in [6, 6.07) is 0. The molecule has 0 bridgehead atoms. The summed E-state index contributed by atoms with van der Waals surface area (Å²) in [5, 5.41) is 12.4. The van der Waals surface area contributed by atoms with Crippen molar-refractivity contribution in [2.75, 3.05) is 19.8 Å². The zero-order valence-electron chi connectivity index (χ0n) is 15.0. The summed E-state index contributed by atoms with van der Waals surface area (Å²) in [5.74, 6) is 0.843. The second kappa shape index (κ2) is 17.6. The Hall–Kier alpha value is -1.72. The minimum absolute atomic E-state index is 0. The third-order valence-corrected chi connectivity index (χ3v) is 3.88. The first-order valence-corrected chi connectivity index (χ1v) is 8.87. The monoisotopic (exact) mass is 336 g/mol. The van der Waals surface area contributed by atoms with E-state index in [0.29, 0.717) is 19.5 Å². The largest absolute Gasteiger partial charge is 0.386 e. The lowest BCUT2D eigenvalue weighted by Crippen LogP contribution is -2.24. The molecule has 0 aromatic carbocycles. The lowest BCUT2D eigenvalue weighted by molar-refractivity contribution is -0.104. The summed E-state index contributed by atoms with van der Waals surface area (Å²) in [6.07, 6.45) is 19.3. The Morgan fingerprint density at radius 2 is 2.25 bits per heavy atom. The molecule has 0 spiro atoms. The molecule has 1 aliphatic carbocycles. The van der Waals surface area contributed by atoms with Crippen LogP contribution in [0.3, 0.4) is 0 Å². The second-order valence-electron chi connectivity index (χ2n) is 5.67. The summed E-state index contributed by atoms with van der Waals surface area (Å²) in [4.78, 5) is 9.58. The van der Waals surface area contributed by atoms with Gasteiger partial charge in [0, 0.05) is 20.9 Å². The van der Waals surface area contributed by atoms with Crippen molar-refractivity contribution in [2.24, 2.45) is 11.7 Å². The topological polar surface area (TPSA) is 91.0 Å². The Bertz CT molecular complexity index is 408. The molecule has 1 atom stereocenters. The normalized spacial score (nSPS) is 14.5. The van der Waals surface area contributed by atoms with E-state index in [4.69, 9.17) is 11.1 Å². The SMILES string of the molecule is CCC(CCNCN)CCC1=CCCC=C1.N=CCN/C=C/C=O.[HH]. The lowest BCUT2D eigenvalue weighted by atomic mass is 9.92. The molecule has 0 aliphatic heterocycles. The smallest absolute Gasteiger partial charge is 0.144 e. The standard InChI is InChI=1S/C14H26N2.C5H8N2O.H2/c1-2-13(10-11-16-12-15)8-9-14-6-4-3-5-7-14;6-2-4-7-3-1-5-8;/h4,6-7,13,16H,2-3,5,8-12,15H2,1H3;1-3,5-7H,4H2;1H/b;3-1+,6-2?;. The van der Waals surface area contributed by atoms with Gasteiger partial charge in [-0.15, -0.1) is 0 Å². The van der Waals surface area contributed by atoms with Crippen molar-refractivity contribution in [1.29, 1.82) is 5.41 Å². The van der Waals surface area contributed by atoms with Gasteiger partial charge in [-0.3, -0.25) is 4.79 Å². The van der Waals surface area contributed by atoms with Crippen molar-refractivity contribution in [3.05, 3.63) is 36.1 Å². The average Bonchev–Trinajstić information content (AvgIpc) is 2.63. The number of nitrogens with two attached hydrogens (primary N) is 1. The molecule has 0 aromatic heterocycles. The molecule has 1 unspecified atom stereocenters. The lowest BCUT2D eigenvalue weighted by Gasteiger charge is -2.16. The van der Waals surface area contributed by atoms with Crippen LogP contribution in [0.4, 0.5) is 0 Å². The summed E-state index contributed by atoms with van der Waals surface area (Å²) >= 11 is 0. The summed E-state index contributed by atoms with van der Waals surface area (Å²) < 4.78 is 0. The van der Waals surface area contributed by atoms with E-state index in [2.05, 4.69) is 35.8 Å². The second-order valence-corrected chi connectivity index (χ2v) is 5.67. The van der Waals surface area contributed by atoms with Gasteiger partial charge in [0.1, 0.15) is 6.29 Å². The molecule has 0 saturated carbocycles. The predicted octanol–water partition coefficient (Wildman–Crippen LogP) is 3.15. The number of allylic oxidation sites excluding steroid dienone is 5. The Morgan fingerprint density at radius 3 is 2.83 bits per heavy atom. The number of rotatable bonds is 12. The highest BCUT2D eigenvalue weighted by atomic mass is 16.1. The maximum absolute atomic E-state index is 9.58. The van der Waals surface area contributed by atoms with Gasteiger partial charge in [-0.05, 0) is 56.8 Å². The fraction of sp³-hybridized carbons (Fsp3) is 0.579. The molecular weight excluding hydrogens is 300 g/mol. The van der Waals surface area contributed by atoms with Crippen LogP contribution in [0.2, 0.25) is 0 Å². The predicted molar refractivity (Wildman–Crippen MR) is 105 cm³/mol. The van der Waals surface area contributed by atoms with E-state index in [1.165, 1.54) is 62.6 Å². The molecule has 0 amide bonds. The van der Waals surface area contributed by atoms with Crippen LogP contribution in [0.1, 0.15) is 46.9 Å². The first-order valence-electron chi connectivity index (χ1n) is 8.87. The highest BCUT2D eigenvalue weighted by Gasteiger charge is 2.07. The Balaban J connectivity index is 0. The average molecular weight is 337 g/mol. The third kappa shape index (κ3) is 13.9. The van der Waals surface area contributed by atoms with Crippen LogP contribution in [0, 0.1) is 11.3 Å². The van der Waals surface area contributed by atoms with Crippen LogP contribution in [-0.2, 0) is 4.79 Å². The highest BCUT2D eigenvalue weighted by Crippen LogP contribution is 2.21. The van der Waals surface area contributed by atoms with Crippen molar-refractivity contribution >= 4 is 12.5 Å². The maximum atomic E-state index is 9.58. The molecule has 1 aliphatic rings. The van der Waals surface area contributed by atoms with Gasteiger partial charge in [0.15, 0.2) is 0 Å². The molecule has 5 heteroatoms. The molecule has 0 radical (unpaired) electrons. The summed E-state index contributed by atoms with van der Waals surface area (Å²) in [7, 11) is 0. The van der Waals surface area contributed by atoms with E-state index in [0.717, 1.165) is 12.5 Å². The van der Waals surface area contributed by atoms with Gasteiger partial charge in [-0.25, -0.2) is 0 Å². The van der Waals surface area contributed by atoms with Crippen molar-refractivity contribution < 1.29 is 6.22 Å². The molecule has 0 heterocycles. The maximum Gasteiger partial charge on any atom is 0.144 e. The van der Waals surface area contributed by atoms with Gasteiger partial charge in [-0.2, -0.15) is 0 Å². The quantitative estimate of drug-likeness (QED) is 0.145. The number of carbonyl (C=O) groups excluding carboxylic acids is 1. The number of carbonyl (C=O) groups is 1. The van der Waals surface area contributed by atoms with E-state index in [1.807, 2.05) is 0 Å². The van der Waals surface area contributed by atoms with E-state index < -0.39 is 0 Å². The van der Waals surface area contributed by atoms with Crippen LogP contribution < -0.4 is 16.4 Å². The third-order valence-electron chi connectivity index (χ3n) is 3.88. The Kier molecular flexibility index (Phi) is 16.4. The van der Waals surface area contributed by atoms with Crippen LogP contribution >= 0.6 is 0 Å². The van der Waals surface area contributed by atoms with Crippen LogP contribution in [0.5, 0.6) is 0 Å². The highest BCUT2D eigenvalue weighted by molar-refractivity contribution is 5.64. The number of nitrogens with one attached hydrogen (secondary N) is 3. The first-order chi connectivity index (χ1) is 11.8. The molecule has 138 valence electrons. The van der Waals surface area contributed by atoms with Crippen molar-refractivity contribution in [1.82, 2.24) is 10.6 Å². The van der Waals surface area contributed by atoms with Gasteiger partial charge in [0.25, 0.3) is 0 Å². The minimum atomic E-state index is 0. The molecular formula is C19H36N4O. The number of hydrogen-bond acceptors (Lipinski definition) is 5. The van der Waals surface area contributed by atoms with Crippen molar-refractivity contribution in [2.45, 2.75) is 45.4 Å². The Labute approximate surface area is 148 Å². The first kappa shape index (κ1) is 22.3. The molecule has 1 rings (SSSR count). The van der Waals surface area contributed by atoms with Crippen LogP contribution in [0.15, 0.2) is 36.1 Å². The summed E-state index contributed by atoms with van der Waals surface area (Å²) in [5.41, 5.74) is 6.96. The van der Waals surface area contributed by atoms with Gasteiger partial charge in [0.2, 0.25) is 0 Å². The van der Waals surface area contributed by atoms with E-state index in [9.17, 15) is 4.79 Å². The molecule has 5 nitrogen and oxygen atoms in total. The number of hydrogen-bond donors (Lipinski definition) is 4. The van der Waals surface area contributed by atoms with Gasteiger partial charge in [-0.1, -0.05) is 37.1 Å². The van der Waals surface area contributed by atoms with Crippen molar-refractivity contribution in [3.8, 4) is 0 Å². The molecule has 0 aromatic rings. The zero-order chi connectivity index (χ0) is 17.9. The van der Waals surface area contributed by atoms with Gasteiger partial charge in [0.05, 0.1) is 0 Å². The van der Waals surface area contributed by atoms with Gasteiger partial charge >= 0.3 is 0 Å². The van der Waals surface area contributed by atoms with Crippen LogP contribution in [-0.4, -0.2) is 32.3 Å². The molecule has 0 fully saturated rings. The molecule has 5 N–H and O–H groups in total. The minimum Gasteiger partial charge on any atom is -0.386 e. The van der Waals surface area contributed by atoms with E-state index in [-0.39, 0.29) is 1.43 Å². The van der Waals surface area contributed by atoms with Crippen LogP contribution in [0.25, 0.3) is 0 Å². The van der Waals surface area contributed by atoms with Crippen molar-refractivity contribution in [3.63, 3.8) is 0 Å². The molecule has 24 heavy (non-hydrogen) atoms. The zero-order valence-corrected chi connectivity index (χ0v) is 15.0. The Morgan fingerprint density at radius 1 is 1.42 bits per heavy atom. The van der Waals surface area contributed by atoms with E-state index in [1.54, 1.807) is 0 Å². The fourth-order valence-corrected chi connectivity index (χ4v) is 2.42. The molecule has 0 saturated heterocycles.